The van der Waals surface area contributed by atoms with Gasteiger partial charge in [0.1, 0.15) is 4.60 Å². The van der Waals surface area contributed by atoms with Gasteiger partial charge in [-0.25, -0.2) is 4.98 Å². The summed E-state index contributed by atoms with van der Waals surface area (Å²) in [5.41, 5.74) is 1.30. The van der Waals surface area contributed by atoms with Gasteiger partial charge in [-0.2, -0.15) is 0 Å². The summed E-state index contributed by atoms with van der Waals surface area (Å²) in [6.45, 7) is 1.14. The molecule has 72 valence electrons. The second-order valence-corrected chi connectivity index (χ2v) is 3.88. The Morgan fingerprint density at radius 1 is 1.46 bits per heavy atom. The fourth-order valence-electron chi connectivity index (χ4n) is 1.56. The Bertz CT molecular complexity index is 257. The van der Waals surface area contributed by atoms with Gasteiger partial charge in [0.15, 0.2) is 0 Å². The Labute approximate surface area is 92.7 Å². The van der Waals surface area contributed by atoms with Gasteiger partial charge in [0.05, 0.1) is 0 Å². The summed E-state index contributed by atoms with van der Waals surface area (Å²) >= 11 is 3.32. The van der Waals surface area contributed by atoms with Crippen molar-refractivity contribution in [2.75, 3.05) is 6.54 Å². The van der Waals surface area contributed by atoms with Gasteiger partial charge in [0.25, 0.3) is 0 Å². The Morgan fingerprint density at radius 3 is 2.85 bits per heavy atom. The van der Waals surface area contributed by atoms with Crippen molar-refractivity contribution in [1.82, 2.24) is 10.3 Å². The smallest absolute Gasteiger partial charge is 0.106 e. The molecule has 1 saturated heterocycles. The molecule has 4 heteroatoms. The lowest BCUT2D eigenvalue weighted by Crippen LogP contribution is -2.12. The van der Waals surface area contributed by atoms with Gasteiger partial charge in [-0.3, -0.25) is 0 Å². The predicted molar refractivity (Wildman–Crippen MR) is 59.2 cm³/mol. The topological polar surface area (TPSA) is 24.9 Å². The lowest BCUT2D eigenvalue weighted by molar-refractivity contribution is 0.644. The number of halogens is 2. The van der Waals surface area contributed by atoms with E-state index in [9.17, 15) is 0 Å². The first-order valence-electron chi connectivity index (χ1n) is 4.21. The van der Waals surface area contributed by atoms with E-state index < -0.39 is 0 Å². The molecule has 1 aromatic rings. The van der Waals surface area contributed by atoms with Crippen LogP contribution in [0.25, 0.3) is 0 Å². The van der Waals surface area contributed by atoms with Crippen LogP contribution >= 0.6 is 28.3 Å². The maximum absolute atomic E-state index is 4.20. The molecule has 13 heavy (non-hydrogen) atoms. The normalized spacial score (nSPS) is 21.2. The highest BCUT2D eigenvalue weighted by Gasteiger charge is 2.15. The van der Waals surface area contributed by atoms with Crippen molar-refractivity contribution >= 4 is 28.3 Å². The summed E-state index contributed by atoms with van der Waals surface area (Å²) < 4.78 is 0.907. The zero-order valence-corrected chi connectivity index (χ0v) is 9.57. The molecule has 1 aliphatic rings. The molecule has 1 aliphatic heterocycles. The van der Waals surface area contributed by atoms with Gasteiger partial charge >= 0.3 is 0 Å². The highest BCUT2D eigenvalue weighted by Crippen LogP contribution is 2.22. The summed E-state index contributed by atoms with van der Waals surface area (Å²) in [6.07, 6.45) is 4.46. The van der Waals surface area contributed by atoms with Crippen LogP contribution in [-0.2, 0) is 0 Å². The van der Waals surface area contributed by atoms with Gasteiger partial charge in [0, 0.05) is 12.2 Å². The molecule has 2 heterocycles. The molecule has 1 atom stereocenters. The van der Waals surface area contributed by atoms with E-state index >= 15 is 0 Å². The minimum atomic E-state index is 0. The van der Waals surface area contributed by atoms with E-state index in [0.717, 1.165) is 11.1 Å². The van der Waals surface area contributed by atoms with Gasteiger partial charge in [-0.05, 0) is 46.9 Å². The molecule has 0 amide bonds. The quantitative estimate of drug-likeness (QED) is 0.788. The van der Waals surface area contributed by atoms with Crippen LogP contribution in [0.4, 0.5) is 0 Å². The van der Waals surface area contributed by atoms with Crippen LogP contribution in [-0.4, -0.2) is 11.5 Å². The van der Waals surface area contributed by atoms with E-state index in [1.807, 2.05) is 12.3 Å². The first-order valence-corrected chi connectivity index (χ1v) is 5.00. The largest absolute Gasteiger partial charge is 0.310 e. The molecule has 1 aromatic heterocycles. The molecular formula is C9H12BrClN2. The number of pyridine rings is 1. The fraction of sp³-hybridized carbons (Fsp3) is 0.444. The van der Waals surface area contributed by atoms with Gasteiger partial charge < -0.3 is 5.32 Å². The molecule has 0 aromatic carbocycles. The molecule has 1 N–H and O–H groups in total. The highest BCUT2D eigenvalue weighted by atomic mass is 79.9. The third-order valence-corrected chi connectivity index (χ3v) is 2.68. The predicted octanol–water partition coefficient (Wildman–Crippen LogP) is 2.69. The second kappa shape index (κ2) is 4.94. The first-order chi connectivity index (χ1) is 5.86. The molecule has 2 nitrogen and oxygen atoms in total. The summed E-state index contributed by atoms with van der Waals surface area (Å²) in [5, 5.41) is 3.44. The maximum atomic E-state index is 4.20. The van der Waals surface area contributed by atoms with E-state index in [-0.39, 0.29) is 12.4 Å². The van der Waals surface area contributed by atoms with Crippen LogP contribution in [0.2, 0.25) is 0 Å². The molecule has 0 spiro atoms. The van der Waals surface area contributed by atoms with Crippen LogP contribution in [0.1, 0.15) is 24.4 Å². The lowest BCUT2D eigenvalue weighted by atomic mass is 10.1. The van der Waals surface area contributed by atoms with Crippen LogP contribution in [0.5, 0.6) is 0 Å². The highest BCUT2D eigenvalue weighted by molar-refractivity contribution is 9.10. The zero-order chi connectivity index (χ0) is 8.39. The number of hydrogen-bond acceptors (Lipinski definition) is 2. The Hall–Kier alpha value is -0.120. The van der Waals surface area contributed by atoms with Crippen LogP contribution in [0.15, 0.2) is 22.9 Å². The molecule has 0 aliphatic carbocycles. The van der Waals surface area contributed by atoms with Gasteiger partial charge in [-0.15, -0.1) is 12.4 Å². The van der Waals surface area contributed by atoms with Crippen LogP contribution < -0.4 is 5.32 Å². The standard InChI is InChI=1S/C9H11BrN2.ClH/c10-9-4-3-7(6-12-9)8-2-1-5-11-8;/h3-4,6,8,11H,1-2,5H2;1H/t8-;/m0./s1. The molecule has 0 radical (unpaired) electrons. The van der Waals surface area contributed by atoms with Gasteiger partial charge in [0.2, 0.25) is 0 Å². The molecule has 1 fully saturated rings. The fourth-order valence-corrected chi connectivity index (χ4v) is 1.80. The van der Waals surface area contributed by atoms with Crippen LogP contribution in [0.3, 0.4) is 0 Å². The van der Waals surface area contributed by atoms with Gasteiger partial charge in [-0.1, -0.05) is 6.07 Å². The summed E-state index contributed by atoms with van der Waals surface area (Å²) in [5.74, 6) is 0. The van der Waals surface area contributed by atoms with E-state index in [1.165, 1.54) is 18.4 Å². The van der Waals surface area contributed by atoms with Crippen molar-refractivity contribution in [2.45, 2.75) is 18.9 Å². The van der Waals surface area contributed by atoms with Crippen molar-refractivity contribution in [3.8, 4) is 0 Å². The average molecular weight is 264 g/mol. The summed E-state index contributed by atoms with van der Waals surface area (Å²) in [7, 11) is 0. The Kier molecular flexibility index (Phi) is 4.16. The molecule has 0 bridgehead atoms. The Morgan fingerprint density at radius 2 is 2.31 bits per heavy atom. The molecule has 2 rings (SSSR count). The van der Waals surface area contributed by atoms with E-state index in [0.29, 0.717) is 6.04 Å². The monoisotopic (exact) mass is 262 g/mol. The third-order valence-electron chi connectivity index (χ3n) is 2.21. The number of aromatic nitrogens is 1. The minimum absolute atomic E-state index is 0. The van der Waals surface area contributed by atoms with E-state index in [2.05, 4.69) is 32.3 Å². The van der Waals surface area contributed by atoms with Crippen molar-refractivity contribution in [2.24, 2.45) is 0 Å². The molecule has 0 saturated carbocycles. The van der Waals surface area contributed by atoms with Crippen molar-refractivity contribution < 1.29 is 0 Å². The zero-order valence-electron chi connectivity index (χ0n) is 7.16. The van der Waals surface area contributed by atoms with E-state index in [4.69, 9.17) is 0 Å². The number of hydrogen-bond donors (Lipinski definition) is 1. The molecule has 0 unspecified atom stereocenters. The second-order valence-electron chi connectivity index (χ2n) is 3.06. The van der Waals surface area contributed by atoms with E-state index in [1.54, 1.807) is 0 Å². The summed E-state index contributed by atoms with van der Waals surface area (Å²) in [4.78, 5) is 4.20. The van der Waals surface area contributed by atoms with Crippen molar-refractivity contribution in [3.05, 3.63) is 28.5 Å². The minimum Gasteiger partial charge on any atom is -0.310 e. The van der Waals surface area contributed by atoms with Crippen molar-refractivity contribution in [1.29, 1.82) is 0 Å². The number of nitrogens with one attached hydrogen (secondary N) is 1. The number of rotatable bonds is 1. The average Bonchev–Trinajstić information content (AvgIpc) is 2.58. The lowest BCUT2D eigenvalue weighted by Gasteiger charge is -2.08. The summed E-state index contributed by atoms with van der Waals surface area (Å²) in [6, 6.07) is 4.65. The Balaban J connectivity index is 0.000000845. The van der Waals surface area contributed by atoms with Crippen LogP contribution in [0, 0.1) is 0 Å². The maximum Gasteiger partial charge on any atom is 0.106 e. The first kappa shape index (κ1) is 11.0. The van der Waals surface area contributed by atoms with Crippen molar-refractivity contribution in [3.63, 3.8) is 0 Å². The molecular weight excluding hydrogens is 251 g/mol. The third kappa shape index (κ3) is 2.66. The SMILES string of the molecule is Brc1ccc([C@@H]2CCCN2)cn1.Cl. The number of nitrogens with zero attached hydrogens (tertiary/aromatic N) is 1.